The average Bonchev–Trinajstić information content (AvgIpc) is 2.85. The van der Waals surface area contributed by atoms with Crippen LogP contribution >= 0.6 is 0 Å². The lowest BCUT2D eigenvalue weighted by Crippen LogP contribution is -2.11. The Balaban J connectivity index is 2.06. The van der Waals surface area contributed by atoms with Crippen LogP contribution in [-0.2, 0) is 6.54 Å². The summed E-state index contributed by atoms with van der Waals surface area (Å²) in [6, 6.07) is 2.15. The monoisotopic (exact) mass is 247 g/mol. The normalized spacial score (nSPS) is 18.2. The Labute approximate surface area is 110 Å². The van der Waals surface area contributed by atoms with Crippen molar-refractivity contribution in [2.75, 3.05) is 6.61 Å². The molecule has 100 valence electrons. The first-order valence-corrected chi connectivity index (χ1v) is 7.30. The first-order chi connectivity index (χ1) is 8.83. The zero-order valence-corrected chi connectivity index (χ0v) is 11.4. The Morgan fingerprint density at radius 2 is 2.17 bits per heavy atom. The minimum absolute atomic E-state index is 0.212. The minimum atomic E-state index is 0.212. The van der Waals surface area contributed by atoms with E-state index in [0.29, 0.717) is 5.92 Å². The molecule has 1 aliphatic carbocycles. The fourth-order valence-electron chi connectivity index (χ4n) is 2.92. The van der Waals surface area contributed by atoms with E-state index >= 15 is 0 Å². The predicted molar refractivity (Wildman–Crippen MR) is 76.4 cm³/mol. The molecule has 0 saturated heterocycles. The molecular formula is C16H25NO. The molecule has 0 atom stereocenters. The number of hydrogen-bond donors (Lipinski definition) is 1. The molecule has 1 saturated carbocycles. The van der Waals surface area contributed by atoms with Crippen molar-refractivity contribution in [3.63, 3.8) is 0 Å². The minimum Gasteiger partial charge on any atom is -0.392 e. The van der Waals surface area contributed by atoms with Gasteiger partial charge in [-0.2, -0.15) is 0 Å². The summed E-state index contributed by atoms with van der Waals surface area (Å²) in [6.45, 7) is 3.48. The van der Waals surface area contributed by atoms with E-state index in [2.05, 4.69) is 36.0 Å². The predicted octanol–water partition coefficient (Wildman–Crippen LogP) is 3.85. The van der Waals surface area contributed by atoms with Gasteiger partial charge in [0.2, 0.25) is 0 Å². The number of hydrogen-bond acceptors (Lipinski definition) is 1. The highest BCUT2D eigenvalue weighted by molar-refractivity contribution is 5.53. The van der Waals surface area contributed by atoms with Gasteiger partial charge in [-0.1, -0.05) is 32.3 Å². The zero-order valence-electron chi connectivity index (χ0n) is 11.4. The number of nitrogens with zero attached hydrogens (tertiary/aromatic N) is 1. The third-order valence-electron chi connectivity index (χ3n) is 3.92. The molecule has 2 rings (SSSR count). The van der Waals surface area contributed by atoms with E-state index in [4.69, 9.17) is 0 Å². The number of aliphatic hydroxyl groups excluding tert-OH is 1. The van der Waals surface area contributed by atoms with Crippen LogP contribution in [0.4, 0.5) is 0 Å². The lowest BCUT2D eigenvalue weighted by atomic mass is 9.83. The molecule has 18 heavy (non-hydrogen) atoms. The van der Waals surface area contributed by atoms with Crippen LogP contribution in [0.25, 0.3) is 6.08 Å². The molecular weight excluding hydrogens is 222 g/mol. The molecule has 0 bridgehead atoms. The highest BCUT2D eigenvalue weighted by Gasteiger charge is 2.17. The molecule has 1 aliphatic rings. The van der Waals surface area contributed by atoms with Crippen molar-refractivity contribution in [2.45, 2.75) is 52.0 Å². The first kappa shape index (κ1) is 13.4. The van der Waals surface area contributed by atoms with Gasteiger partial charge in [0, 0.05) is 18.9 Å². The Kier molecular flexibility index (Phi) is 5.06. The van der Waals surface area contributed by atoms with Crippen molar-refractivity contribution in [1.82, 2.24) is 4.57 Å². The van der Waals surface area contributed by atoms with Gasteiger partial charge in [0.15, 0.2) is 0 Å². The van der Waals surface area contributed by atoms with E-state index in [1.165, 1.54) is 43.2 Å². The standard InChI is InChI=1S/C16H25NO/c1-2-9-17-10-8-14(12-17)11-16(13-18)15-6-4-3-5-7-15/h8,10-12,15,18H,2-7,9,13H2,1H3. The highest BCUT2D eigenvalue weighted by Crippen LogP contribution is 2.30. The molecule has 1 fully saturated rings. The molecule has 1 aromatic heterocycles. The van der Waals surface area contributed by atoms with E-state index in [0.717, 1.165) is 13.0 Å². The van der Waals surface area contributed by atoms with Crippen molar-refractivity contribution >= 4 is 6.08 Å². The van der Waals surface area contributed by atoms with Gasteiger partial charge >= 0.3 is 0 Å². The Morgan fingerprint density at radius 3 is 2.83 bits per heavy atom. The molecule has 1 heterocycles. The number of aliphatic hydroxyl groups is 1. The first-order valence-electron chi connectivity index (χ1n) is 7.30. The molecule has 0 amide bonds. The lowest BCUT2D eigenvalue weighted by molar-refractivity contribution is 0.295. The van der Waals surface area contributed by atoms with Gasteiger partial charge in [0.25, 0.3) is 0 Å². The van der Waals surface area contributed by atoms with Crippen LogP contribution in [0.15, 0.2) is 24.0 Å². The van der Waals surface area contributed by atoms with Crippen molar-refractivity contribution in [3.05, 3.63) is 29.6 Å². The van der Waals surface area contributed by atoms with Crippen molar-refractivity contribution in [3.8, 4) is 0 Å². The molecule has 0 aliphatic heterocycles. The van der Waals surface area contributed by atoms with E-state index in [9.17, 15) is 5.11 Å². The summed E-state index contributed by atoms with van der Waals surface area (Å²) in [6.07, 6.45) is 14.2. The van der Waals surface area contributed by atoms with Crippen molar-refractivity contribution in [1.29, 1.82) is 0 Å². The molecule has 1 aromatic rings. The van der Waals surface area contributed by atoms with E-state index < -0.39 is 0 Å². The van der Waals surface area contributed by atoms with Gasteiger partial charge < -0.3 is 9.67 Å². The maximum absolute atomic E-state index is 9.57. The zero-order chi connectivity index (χ0) is 12.8. The van der Waals surface area contributed by atoms with E-state index in [1.807, 2.05) is 0 Å². The smallest absolute Gasteiger partial charge is 0.0647 e. The molecule has 0 aromatic carbocycles. The Morgan fingerprint density at radius 1 is 1.39 bits per heavy atom. The van der Waals surface area contributed by atoms with Gasteiger partial charge in [0.1, 0.15) is 0 Å². The Bertz CT molecular complexity index is 386. The summed E-state index contributed by atoms with van der Waals surface area (Å²) in [5.41, 5.74) is 2.46. The van der Waals surface area contributed by atoms with Gasteiger partial charge in [-0.15, -0.1) is 0 Å². The average molecular weight is 247 g/mol. The van der Waals surface area contributed by atoms with Gasteiger partial charge in [-0.3, -0.25) is 0 Å². The van der Waals surface area contributed by atoms with Crippen molar-refractivity contribution < 1.29 is 5.11 Å². The van der Waals surface area contributed by atoms with Crippen LogP contribution in [0.3, 0.4) is 0 Å². The number of rotatable bonds is 5. The second kappa shape index (κ2) is 6.79. The summed E-state index contributed by atoms with van der Waals surface area (Å²) in [5, 5.41) is 9.57. The summed E-state index contributed by atoms with van der Waals surface area (Å²) in [4.78, 5) is 0. The summed E-state index contributed by atoms with van der Waals surface area (Å²) < 4.78 is 2.22. The third-order valence-corrected chi connectivity index (χ3v) is 3.92. The lowest BCUT2D eigenvalue weighted by Gasteiger charge is -2.23. The van der Waals surface area contributed by atoms with Crippen LogP contribution in [0.2, 0.25) is 0 Å². The van der Waals surface area contributed by atoms with Gasteiger partial charge in [0.05, 0.1) is 6.61 Å². The van der Waals surface area contributed by atoms with Crippen LogP contribution in [0.1, 0.15) is 51.0 Å². The topological polar surface area (TPSA) is 25.2 Å². The Hall–Kier alpha value is -1.02. The van der Waals surface area contributed by atoms with Crippen LogP contribution < -0.4 is 0 Å². The maximum atomic E-state index is 9.57. The van der Waals surface area contributed by atoms with Crippen LogP contribution in [-0.4, -0.2) is 16.3 Å². The molecule has 1 N–H and O–H groups in total. The molecule has 0 radical (unpaired) electrons. The SMILES string of the molecule is CCCn1ccc(C=C(CO)C2CCCCC2)c1. The molecule has 2 heteroatoms. The number of aryl methyl sites for hydroxylation is 1. The van der Waals surface area contributed by atoms with Crippen LogP contribution in [0, 0.1) is 5.92 Å². The summed E-state index contributed by atoms with van der Waals surface area (Å²) in [7, 11) is 0. The second-order valence-corrected chi connectivity index (χ2v) is 5.39. The molecule has 0 spiro atoms. The van der Waals surface area contributed by atoms with E-state index in [-0.39, 0.29) is 6.61 Å². The summed E-state index contributed by atoms with van der Waals surface area (Å²) in [5.74, 6) is 0.610. The second-order valence-electron chi connectivity index (χ2n) is 5.39. The highest BCUT2D eigenvalue weighted by atomic mass is 16.3. The largest absolute Gasteiger partial charge is 0.392 e. The van der Waals surface area contributed by atoms with E-state index in [1.54, 1.807) is 0 Å². The molecule has 2 nitrogen and oxygen atoms in total. The molecule has 0 unspecified atom stereocenters. The quantitative estimate of drug-likeness (QED) is 0.840. The summed E-state index contributed by atoms with van der Waals surface area (Å²) >= 11 is 0. The van der Waals surface area contributed by atoms with Gasteiger partial charge in [-0.05, 0) is 42.4 Å². The van der Waals surface area contributed by atoms with Gasteiger partial charge in [-0.25, -0.2) is 0 Å². The maximum Gasteiger partial charge on any atom is 0.0647 e. The number of aromatic nitrogens is 1. The fraction of sp³-hybridized carbons (Fsp3) is 0.625. The van der Waals surface area contributed by atoms with Crippen LogP contribution in [0.5, 0.6) is 0 Å². The fourth-order valence-corrected chi connectivity index (χ4v) is 2.92. The van der Waals surface area contributed by atoms with Crippen molar-refractivity contribution in [2.24, 2.45) is 5.92 Å². The third kappa shape index (κ3) is 3.49.